The fourth-order valence-electron chi connectivity index (χ4n) is 4.33. The Morgan fingerprint density at radius 1 is 1.03 bits per heavy atom. The molecule has 2 N–H and O–H groups in total. The van der Waals surface area contributed by atoms with Crippen LogP contribution in [0, 0.1) is 11.3 Å². The first kappa shape index (κ1) is 20.2. The summed E-state index contributed by atoms with van der Waals surface area (Å²) >= 11 is 0. The first-order valence-corrected chi connectivity index (χ1v) is 11.1. The summed E-state index contributed by atoms with van der Waals surface area (Å²) < 4.78 is 6.07. The van der Waals surface area contributed by atoms with Gasteiger partial charge in [-0.15, -0.1) is 0 Å². The lowest BCUT2D eigenvalue weighted by molar-refractivity contribution is 0.313. The average Bonchev–Trinajstić information content (AvgIpc) is 3.49. The molecule has 3 aromatic heterocycles. The van der Waals surface area contributed by atoms with Crippen LogP contribution in [-0.2, 0) is 0 Å². The van der Waals surface area contributed by atoms with E-state index in [1.165, 1.54) is 5.69 Å². The minimum Gasteiger partial charge on any atom is -0.437 e. The number of fused-ring (bicyclic) bond motifs is 2. The van der Waals surface area contributed by atoms with Crippen molar-refractivity contribution < 1.29 is 4.74 Å². The molecule has 9 heteroatoms. The second kappa shape index (κ2) is 8.17. The Labute approximate surface area is 195 Å². The van der Waals surface area contributed by atoms with Crippen LogP contribution in [0.2, 0.25) is 0 Å². The highest BCUT2D eigenvalue weighted by molar-refractivity contribution is 5.97. The largest absolute Gasteiger partial charge is 0.437 e. The van der Waals surface area contributed by atoms with E-state index in [1.807, 2.05) is 24.3 Å². The zero-order valence-corrected chi connectivity index (χ0v) is 18.6. The summed E-state index contributed by atoms with van der Waals surface area (Å²) in [5.74, 6) is 1.45. The molecular formula is C25H22N8O. The number of likely N-dealkylation sites (N-methyl/N-ethyl adjacent to an activating group) is 1. The van der Waals surface area contributed by atoms with Gasteiger partial charge in [0.05, 0.1) is 21.9 Å². The summed E-state index contributed by atoms with van der Waals surface area (Å²) in [5, 5.41) is 17.8. The van der Waals surface area contributed by atoms with E-state index >= 15 is 0 Å². The number of pyridine rings is 1. The number of hydrogen-bond acceptors (Lipinski definition) is 7. The Morgan fingerprint density at radius 2 is 1.91 bits per heavy atom. The molecule has 0 radical (unpaired) electrons. The molecule has 2 aromatic carbocycles. The van der Waals surface area contributed by atoms with Gasteiger partial charge in [-0.1, -0.05) is 6.07 Å². The monoisotopic (exact) mass is 450 g/mol. The lowest BCUT2D eigenvalue weighted by Crippen LogP contribution is -2.44. The number of benzene rings is 2. The molecule has 6 rings (SSSR count). The molecule has 1 saturated heterocycles. The standard InChI is InChI=1S/C25H22N8O/c1-32-10-12-33(13-11-32)17-7-8-18-20(14-17)29-24(28-18)23-22-19(30-31-23)5-2-6-21(22)34-25-16(15-26)4-3-9-27-25/h2-9,14H,10-13H2,1H3,(H,28,29)(H,30,31). The maximum absolute atomic E-state index is 9.40. The number of piperazine rings is 1. The molecule has 0 atom stereocenters. The Kier molecular flexibility index (Phi) is 4.86. The number of aromatic nitrogens is 5. The predicted octanol–water partition coefficient (Wildman–Crippen LogP) is 3.92. The second-order valence-corrected chi connectivity index (χ2v) is 8.40. The van der Waals surface area contributed by atoms with Crippen molar-refractivity contribution in [1.82, 2.24) is 30.0 Å². The lowest BCUT2D eigenvalue weighted by atomic mass is 10.2. The number of imidazole rings is 1. The number of rotatable bonds is 4. The van der Waals surface area contributed by atoms with E-state index in [1.54, 1.807) is 18.3 Å². The molecule has 34 heavy (non-hydrogen) atoms. The van der Waals surface area contributed by atoms with E-state index in [-0.39, 0.29) is 5.88 Å². The number of H-pyrrole nitrogens is 2. The van der Waals surface area contributed by atoms with Gasteiger partial charge in [-0.25, -0.2) is 9.97 Å². The number of ether oxygens (including phenoxy) is 1. The lowest BCUT2D eigenvalue weighted by Gasteiger charge is -2.34. The van der Waals surface area contributed by atoms with Crippen molar-refractivity contribution in [2.24, 2.45) is 0 Å². The van der Waals surface area contributed by atoms with Crippen LogP contribution in [0.4, 0.5) is 5.69 Å². The van der Waals surface area contributed by atoms with E-state index in [0.29, 0.717) is 22.8 Å². The number of nitriles is 1. The first-order valence-electron chi connectivity index (χ1n) is 11.1. The van der Waals surface area contributed by atoms with Crippen molar-refractivity contribution >= 4 is 27.6 Å². The predicted molar refractivity (Wildman–Crippen MR) is 130 cm³/mol. The van der Waals surface area contributed by atoms with Crippen LogP contribution in [-0.4, -0.2) is 63.3 Å². The van der Waals surface area contributed by atoms with Crippen LogP contribution in [0.3, 0.4) is 0 Å². The molecule has 0 aliphatic carbocycles. The number of aromatic amines is 2. The van der Waals surface area contributed by atoms with Gasteiger partial charge in [0.15, 0.2) is 5.82 Å². The molecule has 4 heterocycles. The summed E-state index contributed by atoms with van der Waals surface area (Å²) in [6.45, 7) is 4.12. The normalized spacial score (nSPS) is 14.5. The van der Waals surface area contributed by atoms with Crippen molar-refractivity contribution in [3.05, 3.63) is 60.3 Å². The summed E-state index contributed by atoms with van der Waals surface area (Å²) in [5.41, 5.74) is 4.84. The third kappa shape index (κ3) is 3.50. The number of nitrogens with one attached hydrogen (secondary N) is 2. The second-order valence-electron chi connectivity index (χ2n) is 8.40. The van der Waals surface area contributed by atoms with Gasteiger partial charge in [0.2, 0.25) is 5.88 Å². The van der Waals surface area contributed by atoms with Gasteiger partial charge in [-0.05, 0) is 49.5 Å². The zero-order valence-electron chi connectivity index (χ0n) is 18.6. The number of hydrogen-bond donors (Lipinski definition) is 2. The van der Waals surface area contributed by atoms with Crippen LogP contribution >= 0.6 is 0 Å². The smallest absolute Gasteiger partial charge is 0.237 e. The van der Waals surface area contributed by atoms with Crippen LogP contribution < -0.4 is 9.64 Å². The van der Waals surface area contributed by atoms with Crippen molar-refractivity contribution in [3.8, 4) is 29.2 Å². The third-order valence-corrected chi connectivity index (χ3v) is 6.21. The topological polar surface area (TPSA) is 110 Å². The molecule has 0 saturated carbocycles. The zero-order chi connectivity index (χ0) is 23.1. The minimum atomic E-state index is 0.256. The molecule has 1 aliphatic heterocycles. The first-order chi connectivity index (χ1) is 16.7. The molecule has 0 unspecified atom stereocenters. The van der Waals surface area contributed by atoms with Gasteiger partial charge >= 0.3 is 0 Å². The summed E-state index contributed by atoms with van der Waals surface area (Å²) in [4.78, 5) is 17.2. The van der Waals surface area contributed by atoms with Crippen molar-refractivity contribution in [3.63, 3.8) is 0 Å². The van der Waals surface area contributed by atoms with Gasteiger partial charge < -0.3 is 19.5 Å². The van der Waals surface area contributed by atoms with Gasteiger partial charge in [-0.2, -0.15) is 10.4 Å². The molecule has 0 amide bonds. The van der Waals surface area contributed by atoms with E-state index in [4.69, 9.17) is 9.72 Å². The van der Waals surface area contributed by atoms with Crippen molar-refractivity contribution in [2.45, 2.75) is 0 Å². The molecular weight excluding hydrogens is 428 g/mol. The molecule has 0 spiro atoms. The van der Waals surface area contributed by atoms with E-state index in [9.17, 15) is 5.26 Å². The molecule has 9 nitrogen and oxygen atoms in total. The highest BCUT2D eigenvalue weighted by atomic mass is 16.5. The van der Waals surface area contributed by atoms with Crippen LogP contribution in [0.15, 0.2) is 54.7 Å². The van der Waals surface area contributed by atoms with E-state index in [2.05, 4.69) is 55.2 Å². The van der Waals surface area contributed by atoms with Crippen molar-refractivity contribution in [2.75, 3.05) is 38.1 Å². The average molecular weight is 451 g/mol. The fraction of sp³-hybridized carbons (Fsp3) is 0.200. The molecule has 1 aliphatic rings. The fourth-order valence-corrected chi connectivity index (χ4v) is 4.33. The summed E-state index contributed by atoms with van der Waals surface area (Å²) in [6, 6.07) is 17.5. The summed E-state index contributed by atoms with van der Waals surface area (Å²) in [6.07, 6.45) is 1.60. The molecule has 5 aromatic rings. The Bertz CT molecular complexity index is 1540. The highest BCUT2D eigenvalue weighted by Crippen LogP contribution is 2.36. The van der Waals surface area contributed by atoms with Crippen LogP contribution in [0.5, 0.6) is 11.6 Å². The Morgan fingerprint density at radius 3 is 2.76 bits per heavy atom. The van der Waals surface area contributed by atoms with Gasteiger partial charge in [0, 0.05) is 38.1 Å². The quantitative estimate of drug-likeness (QED) is 0.427. The highest BCUT2D eigenvalue weighted by Gasteiger charge is 2.19. The maximum atomic E-state index is 9.40. The molecule has 1 fully saturated rings. The molecule has 168 valence electrons. The van der Waals surface area contributed by atoms with Crippen molar-refractivity contribution in [1.29, 1.82) is 5.26 Å². The van der Waals surface area contributed by atoms with Gasteiger partial charge in [-0.3, -0.25) is 5.10 Å². The Hall–Kier alpha value is -4.42. The maximum Gasteiger partial charge on any atom is 0.237 e. The van der Waals surface area contributed by atoms with Crippen LogP contribution in [0.1, 0.15) is 5.56 Å². The van der Waals surface area contributed by atoms with E-state index in [0.717, 1.165) is 48.1 Å². The third-order valence-electron chi connectivity index (χ3n) is 6.21. The number of nitrogens with zero attached hydrogens (tertiary/aromatic N) is 6. The minimum absolute atomic E-state index is 0.256. The van der Waals surface area contributed by atoms with Crippen LogP contribution in [0.25, 0.3) is 33.5 Å². The Balaban J connectivity index is 1.39. The van der Waals surface area contributed by atoms with Gasteiger partial charge in [0.1, 0.15) is 23.1 Å². The van der Waals surface area contributed by atoms with Gasteiger partial charge in [0.25, 0.3) is 0 Å². The van der Waals surface area contributed by atoms with E-state index < -0.39 is 0 Å². The summed E-state index contributed by atoms with van der Waals surface area (Å²) in [7, 11) is 2.16. The number of anilines is 1. The molecule has 0 bridgehead atoms. The SMILES string of the molecule is CN1CCN(c2ccc3nc(-c4n[nH]c5cccc(Oc6ncccc6C#N)c45)[nH]c3c2)CC1.